The van der Waals surface area contributed by atoms with E-state index in [1.807, 2.05) is 4.90 Å². The lowest BCUT2D eigenvalue weighted by Crippen LogP contribution is -2.49. The standard InChI is InChI=1S/C24H26N6O4S/c1-33-18-6-8-22(21(14-18)34-2)35(31,32)30-11-9-29(10-12-30)24-23(26-17-4-5-17)27-19-7-3-16(15-25)13-20(19)28-24/h3,6-8,13-14,17H,4-5,9-12H2,1-2H3,(H,26,27). The van der Waals surface area contributed by atoms with E-state index < -0.39 is 10.0 Å². The summed E-state index contributed by atoms with van der Waals surface area (Å²) in [5.41, 5.74) is 1.87. The lowest BCUT2D eigenvalue weighted by Gasteiger charge is -2.35. The summed E-state index contributed by atoms with van der Waals surface area (Å²) >= 11 is 0. The Morgan fingerprint density at radius 2 is 1.77 bits per heavy atom. The second-order valence-corrected chi connectivity index (χ2v) is 10.4. The van der Waals surface area contributed by atoms with Gasteiger partial charge in [-0.25, -0.2) is 18.4 Å². The third kappa shape index (κ3) is 4.54. The van der Waals surface area contributed by atoms with Gasteiger partial charge in [-0.05, 0) is 43.2 Å². The summed E-state index contributed by atoms with van der Waals surface area (Å²) in [6.45, 7) is 1.49. The van der Waals surface area contributed by atoms with Crippen LogP contribution in [0.5, 0.6) is 11.5 Å². The number of piperazine rings is 1. The van der Waals surface area contributed by atoms with Crippen LogP contribution in [-0.4, -0.2) is 69.1 Å². The van der Waals surface area contributed by atoms with E-state index in [2.05, 4.69) is 11.4 Å². The van der Waals surface area contributed by atoms with Crippen molar-refractivity contribution in [1.29, 1.82) is 5.26 Å². The van der Waals surface area contributed by atoms with Crippen LogP contribution in [0.1, 0.15) is 18.4 Å². The van der Waals surface area contributed by atoms with Crippen LogP contribution >= 0.6 is 0 Å². The van der Waals surface area contributed by atoms with Crippen molar-refractivity contribution in [1.82, 2.24) is 14.3 Å². The molecule has 1 saturated heterocycles. The molecular formula is C24H26N6O4S. The van der Waals surface area contributed by atoms with Crippen LogP contribution in [0.3, 0.4) is 0 Å². The number of nitriles is 1. The number of sulfonamides is 1. The maximum Gasteiger partial charge on any atom is 0.246 e. The van der Waals surface area contributed by atoms with Crippen molar-refractivity contribution < 1.29 is 17.9 Å². The fourth-order valence-corrected chi connectivity index (χ4v) is 5.68. The highest BCUT2D eigenvalue weighted by Gasteiger charge is 2.33. The maximum atomic E-state index is 13.4. The van der Waals surface area contributed by atoms with E-state index in [-0.39, 0.29) is 10.6 Å². The maximum absolute atomic E-state index is 13.4. The number of hydrogen-bond acceptors (Lipinski definition) is 9. The Morgan fingerprint density at radius 1 is 1.00 bits per heavy atom. The minimum Gasteiger partial charge on any atom is -0.497 e. The van der Waals surface area contributed by atoms with Crippen molar-refractivity contribution in [2.45, 2.75) is 23.8 Å². The third-order valence-corrected chi connectivity index (χ3v) is 8.16. The van der Waals surface area contributed by atoms with Crippen molar-refractivity contribution in [2.24, 2.45) is 0 Å². The lowest BCUT2D eigenvalue weighted by atomic mass is 10.2. The van der Waals surface area contributed by atoms with E-state index in [4.69, 9.17) is 19.4 Å². The van der Waals surface area contributed by atoms with Gasteiger partial charge >= 0.3 is 0 Å². The van der Waals surface area contributed by atoms with Gasteiger partial charge in [0.2, 0.25) is 10.0 Å². The Labute approximate surface area is 204 Å². The Balaban J connectivity index is 1.41. The number of rotatable bonds is 7. The summed E-state index contributed by atoms with van der Waals surface area (Å²) in [7, 11) is -0.800. The van der Waals surface area contributed by atoms with Crippen LogP contribution in [0.15, 0.2) is 41.3 Å². The van der Waals surface area contributed by atoms with Gasteiger partial charge in [0.1, 0.15) is 16.4 Å². The zero-order chi connectivity index (χ0) is 24.6. The molecule has 1 aromatic heterocycles. The van der Waals surface area contributed by atoms with Crippen LogP contribution in [-0.2, 0) is 10.0 Å². The summed E-state index contributed by atoms with van der Waals surface area (Å²) in [6.07, 6.45) is 2.17. The molecule has 10 nitrogen and oxygen atoms in total. The van der Waals surface area contributed by atoms with Gasteiger partial charge in [-0.15, -0.1) is 0 Å². The van der Waals surface area contributed by atoms with E-state index in [0.717, 1.165) is 12.8 Å². The average Bonchev–Trinajstić information content (AvgIpc) is 3.71. The number of anilines is 2. The number of nitrogens with zero attached hydrogens (tertiary/aromatic N) is 5. The van der Waals surface area contributed by atoms with Crippen LogP contribution in [0.4, 0.5) is 11.6 Å². The smallest absolute Gasteiger partial charge is 0.246 e. The second-order valence-electron chi connectivity index (χ2n) is 8.54. The van der Waals surface area contributed by atoms with Crippen LogP contribution in [0, 0.1) is 11.3 Å². The number of fused-ring (bicyclic) bond motifs is 1. The first-order valence-electron chi connectivity index (χ1n) is 11.4. The molecule has 2 aromatic carbocycles. The third-order valence-electron chi connectivity index (χ3n) is 6.22. The first-order valence-corrected chi connectivity index (χ1v) is 12.8. The molecule has 35 heavy (non-hydrogen) atoms. The minimum atomic E-state index is -3.76. The van der Waals surface area contributed by atoms with E-state index in [0.29, 0.717) is 66.2 Å². The van der Waals surface area contributed by atoms with Crippen molar-refractivity contribution in [3.63, 3.8) is 0 Å². The zero-order valence-corrected chi connectivity index (χ0v) is 20.4. The number of nitrogens with one attached hydrogen (secondary N) is 1. The largest absolute Gasteiger partial charge is 0.497 e. The summed E-state index contributed by atoms with van der Waals surface area (Å²) < 4.78 is 38.8. The monoisotopic (exact) mass is 494 g/mol. The second kappa shape index (κ2) is 9.20. The molecule has 0 atom stereocenters. The van der Waals surface area contributed by atoms with Crippen LogP contribution < -0.4 is 19.7 Å². The molecule has 3 aromatic rings. The molecule has 11 heteroatoms. The fourth-order valence-electron chi connectivity index (χ4n) is 4.12. The molecule has 1 aliphatic carbocycles. The molecule has 0 bridgehead atoms. The molecule has 0 amide bonds. The molecule has 1 aliphatic heterocycles. The molecule has 5 rings (SSSR count). The van der Waals surface area contributed by atoms with Crippen LogP contribution in [0.2, 0.25) is 0 Å². The van der Waals surface area contributed by atoms with Gasteiger partial charge in [0.25, 0.3) is 0 Å². The predicted octanol–water partition coefficient (Wildman–Crippen LogP) is 2.60. The molecule has 182 valence electrons. The molecule has 0 spiro atoms. The topological polar surface area (TPSA) is 121 Å². The number of methoxy groups -OCH3 is 2. The summed E-state index contributed by atoms with van der Waals surface area (Å²) in [5, 5.41) is 12.7. The molecule has 2 fully saturated rings. The van der Waals surface area contributed by atoms with Gasteiger partial charge in [0.05, 0.1) is 36.9 Å². The number of aromatic nitrogens is 2. The first kappa shape index (κ1) is 23.1. The van der Waals surface area contributed by atoms with E-state index in [1.54, 1.807) is 30.3 Å². The van der Waals surface area contributed by atoms with E-state index >= 15 is 0 Å². The highest BCUT2D eigenvalue weighted by Crippen LogP contribution is 2.34. The highest BCUT2D eigenvalue weighted by molar-refractivity contribution is 7.89. The lowest BCUT2D eigenvalue weighted by molar-refractivity contribution is 0.369. The van der Waals surface area contributed by atoms with Gasteiger partial charge in [-0.1, -0.05) is 0 Å². The van der Waals surface area contributed by atoms with Gasteiger partial charge in [0, 0.05) is 38.3 Å². The van der Waals surface area contributed by atoms with Crippen LogP contribution in [0.25, 0.3) is 11.0 Å². The fraction of sp³-hybridized carbons (Fsp3) is 0.375. The number of benzene rings is 2. The summed E-state index contributed by atoms with van der Waals surface area (Å²) in [6, 6.07) is 12.5. The Hall–Kier alpha value is -3.62. The van der Waals surface area contributed by atoms with Crippen molar-refractivity contribution in [3.05, 3.63) is 42.0 Å². The molecule has 0 radical (unpaired) electrons. The SMILES string of the molecule is COc1ccc(S(=O)(=O)N2CCN(c3nc4cc(C#N)ccc4nc3NC3CC3)CC2)c(OC)c1. The van der Waals surface area contributed by atoms with Crippen molar-refractivity contribution in [2.75, 3.05) is 50.6 Å². The minimum absolute atomic E-state index is 0.111. The van der Waals surface area contributed by atoms with E-state index in [1.165, 1.54) is 24.6 Å². The Morgan fingerprint density at radius 3 is 2.43 bits per heavy atom. The Kier molecular flexibility index (Phi) is 6.08. The number of hydrogen-bond donors (Lipinski definition) is 1. The Bertz CT molecular complexity index is 1410. The average molecular weight is 495 g/mol. The zero-order valence-electron chi connectivity index (χ0n) is 19.6. The predicted molar refractivity (Wildman–Crippen MR) is 131 cm³/mol. The molecule has 1 N–H and O–H groups in total. The molecule has 2 heterocycles. The van der Waals surface area contributed by atoms with Gasteiger partial charge in [-0.2, -0.15) is 9.57 Å². The first-order chi connectivity index (χ1) is 16.9. The van der Waals surface area contributed by atoms with Gasteiger partial charge < -0.3 is 19.7 Å². The van der Waals surface area contributed by atoms with Crippen molar-refractivity contribution >= 4 is 32.7 Å². The molecule has 2 aliphatic rings. The van der Waals surface area contributed by atoms with Gasteiger partial charge in [0.15, 0.2) is 11.6 Å². The highest BCUT2D eigenvalue weighted by atomic mass is 32.2. The molecular weight excluding hydrogens is 468 g/mol. The molecule has 1 saturated carbocycles. The van der Waals surface area contributed by atoms with Crippen molar-refractivity contribution in [3.8, 4) is 17.6 Å². The van der Waals surface area contributed by atoms with E-state index in [9.17, 15) is 13.7 Å². The quantitative estimate of drug-likeness (QED) is 0.528. The summed E-state index contributed by atoms with van der Waals surface area (Å²) in [5.74, 6) is 2.14. The summed E-state index contributed by atoms with van der Waals surface area (Å²) in [4.78, 5) is 11.8. The van der Waals surface area contributed by atoms with Gasteiger partial charge in [-0.3, -0.25) is 0 Å². The molecule has 0 unspecified atom stereocenters. The normalized spacial score (nSPS) is 16.7. The number of ether oxygens (including phenoxy) is 2.